The SMILES string of the molecule is Nc1ccc2c(c1)CCCC2NS(=O)(=O)c1ccc(F)cc1Cl. The molecule has 122 valence electrons. The van der Waals surface area contributed by atoms with Gasteiger partial charge in [-0.2, -0.15) is 0 Å². The lowest BCUT2D eigenvalue weighted by Crippen LogP contribution is -2.31. The van der Waals surface area contributed by atoms with Gasteiger partial charge in [0.1, 0.15) is 10.7 Å². The summed E-state index contributed by atoms with van der Waals surface area (Å²) in [6.07, 6.45) is 2.42. The van der Waals surface area contributed by atoms with Gasteiger partial charge in [0.2, 0.25) is 10.0 Å². The van der Waals surface area contributed by atoms with Gasteiger partial charge >= 0.3 is 0 Å². The van der Waals surface area contributed by atoms with E-state index in [1.807, 2.05) is 12.1 Å². The Balaban J connectivity index is 1.93. The molecule has 2 aromatic rings. The van der Waals surface area contributed by atoms with Crippen molar-refractivity contribution in [2.45, 2.75) is 30.2 Å². The third-order valence-electron chi connectivity index (χ3n) is 3.96. The molecule has 7 heteroatoms. The van der Waals surface area contributed by atoms with E-state index in [0.29, 0.717) is 12.1 Å². The number of hydrogen-bond acceptors (Lipinski definition) is 3. The van der Waals surface area contributed by atoms with Gasteiger partial charge in [-0.3, -0.25) is 0 Å². The minimum Gasteiger partial charge on any atom is -0.399 e. The van der Waals surface area contributed by atoms with Crippen LogP contribution < -0.4 is 10.5 Å². The first-order chi connectivity index (χ1) is 10.9. The largest absolute Gasteiger partial charge is 0.399 e. The number of sulfonamides is 1. The number of fused-ring (bicyclic) bond motifs is 1. The molecule has 4 nitrogen and oxygen atoms in total. The Bertz CT molecular complexity index is 855. The zero-order valence-electron chi connectivity index (χ0n) is 12.2. The molecular weight excluding hydrogens is 339 g/mol. The van der Waals surface area contributed by atoms with E-state index in [1.54, 1.807) is 6.07 Å². The molecule has 23 heavy (non-hydrogen) atoms. The number of nitrogens with two attached hydrogens (primary N) is 1. The minimum atomic E-state index is -3.84. The monoisotopic (exact) mass is 354 g/mol. The Morgan fingerprint density at radius 1 is 1.22 bits per heavy atom. The second kappa shape index (κ2) is 6.11. The zero-order chi connectivity index (χ0) is 16.6. The molecule has 1 unspecified atom stereocenters. The van der Waals surface area contributed by atoms with Crippen molar-refractivity contribution in [3.05, 3.63) is 58.4 Å². The molecule has 1 aliphatic rings. The maximum atomic E-state index is 13.1. The van der Waals surface area contributed by atoms with E-state index in [2.05, 4.69) is 4.72 Å². The van der Waals surface area contributed by atoms with Crippen molar-refractivity contribution in [3.63, 3.8) is 0 Å². The minimum absolute atomic E-state index is 0.122. The third kappa shape index (κ3) is 3.34. The van der Waals surface area contributed by atoms with Crippen LogP contribution in [0.5, 0.6) is 0 Å². The van der Waals surface area contributed by atoms with E-state index in [0.717, 1.165) is 36.1 Å². The van der Waals surface area contributed by atoms with Crippen LogP contribution >= 0.6 is 11.6 Å². The lowest BCUT2D eigenvalue weighted by Gasteiger charge is -2.26. The van der Waals surface area contributed by atoms with Crippen LogP contribution in [0.3, 0.4) is 0 Å². The molecule has 1 atom stereocenters. The number of nitrogen functional groups attached to an aromatic ring is 1. The Morgan fingerprint density at radius 3 is 2.74 bits per heavy atom. The molecule has 3 N–H and O–H groups in total. The summed E-state index contributed by atoms with van der Waals surface area (Å²) in [6, 6.07) is 8.39. The molecule has 0 heterocycles. The molecule has 0 bridgehead atoms. The van der Waals surface area contributed by atoms with Crippen LogP contribution in [-0.4, -0.2) is 8.42 Å². The van der Waals surface area contributed by atoms with Gasteiger partial charge in [-0.25, -0.2) is 17.5 Å². The first kappa shape index (κ1) is 16.2. The van der Waals surface area contributed by atoms with E-state index >= 15 is 0 Å². The predicted molar refractivity (Wildman–Crippen MR) is 88.3 cm³/mol. The van der Waals surface area contributed by atoms with Crippen molar-refractivity contribution in [2.75, 3.05) is 5.73 Å². The van der Waals surface area contributed by atoms with E-state index in [9.17, 15) is 12.8 Å². The molecule has 1 aliphatic carbocycles. The summed E-state index contributed by atoms with van der Waals surface area (Å²) in [5.74, 6) is -0.576. The van der Waals surface area contributed by atoms with Crippen LogP contribution in [-0.2, 0) is 16.4 Å². The highest BCUT2D eigenvalue weighted by molar-refractivity contribution is 7.89. The van der Waals surface area contributed by atoms with Gasteiger partial charge < -0.3 is 5.73 Å². The number of rotatable bonds is 3. The Hall–Kier alpha value is -1.63. The molecule has 0 aliphatic heterocycles. The quantitative estimate of drug-likeness (QED) is 0.829. The Morgan fingerprint density at radius 2 is 2.00 bits per heavy atom. The predicted octanol–water partition coefficient (Wildman–Crippen LogP) is 3.42. The normalized spacial score (nSPS) is 17.7. The fourth-order valence-electron chi connectivity index (χ4n) is 2.90. The first-order valence-corrected chi connectivity index (χ1v) is 9.08. The maximum absolute atomic E-state index is 13.1. The van der Waals surface area contributed by atoms with Gasteiger partial charge in [0.05, 0.1) is 5.02 Å². The number of aryl methyl sites for hydroxylation is 1. The van der Waals surface area contributed by atoms with Gasteiger partial charge in [-0.15, -0.1) is 0 Å². The summed E-state index contributed by atoms with van der Waals surface area (Å²) < 4.78 is 40.9. The summed E-state index contributed by atoms with van der Waals surface area (Å²) >= 11 is 5.88. The van der Waals surface area contributed by atoms with Crippen molar-refractivity contribution >= 4 is 27.3 Å². The second-order valence-electron chi connectivity index (χ2n) is 5.60. The van der Waals surface area contributed by atoms with E-state index in [-0.39, 0.29) is 16.0 Å². The Labute approximate surface area is 139 Å². The van der Waals surface area contributed by atoms with Crippen LogP contribution in [0, 0.1) is 5.82 Å². The van der Waals surface area contributed by atoms with Crippen LogP contribution in [0.2, 0.25) is 5.02 Å². The fraction of sp³-hybridized carbons (Fsp3) is 0.250. The van der Waals surface area contributed by atoms with Crippen molar-refractivity contribution in [2.24, 2.45) is 0 Å². The Kier molecular flexibility index (Phi) is 4.31. The van der Waals surface area contributed by atoms with Gasteiger partial charge in [-0.1, -0.05) is 17.7 Å². The molecule has 3 rings (SSSR count). The molecule has 2 aromatic carbocycles. The van der Waals surface area contributed by atoms with Gasteiger partial charge in [0, 0.05) is 11.7 Å². The van der Waals surface area contributed by atoms with Crippen LogP contribution in [0.4, 0.5) is 10.1 Å². The van der Waals surface area contributed by atoms with E-state index in [4.69, 9.17) is 17.3 Å². The second-order valence-corrected chi connectivity index (χ2v) is 7.69. The summed E-state index contributed by atoms with van der Waals surface area (Å²) in [7, 11) is -3.84. The zero-order valence-corrected chi connectivity index (χ0v) is 13.8. The summed E-state index contributed by atoms with van der Waals surface area (Å²) in [6.45, 7) is 0. The number of halogens is 2. The number of hydrogen-bond donors (Lipinski definition) is 2. The average Bonchev–Trinajstić information content (AvgIpc) is 2.46. The van der Waals surface area contributed by atoms with Crippen LogP contribution in [0.1, 0.15) is 30.0 Å². The molecule has 0 aromatic heterocycles. The highest BCUT2D eigenvalue weighted by Gasteiger charge is 2.27. The number of benzene rings is 2. The molecule has 0 saturated carbocycles. The summed E-state index contributed by atoms with van der Waals surface area (Å²) in [4.78, 5) is -0.122. The summed E-state index contributed by atoms with van der Waals surface area (Å²) in [5, 5.41) is -0.133. The fourth-order valence-corrected chi connectivity index (χ4v) is 4.68. The average molecular weight is 355 g/mol. The highest BCUT2D eigenvalue weighted by Crippen LogP contribution is 2.33. The molecule has 0 spiro atoms. The highest BCUT2D eigenvalue weighted by atomic mass is 35.5. The van der Waals surface area contributed by atoms with Crippen molar-refractivity contribution in [1.29, 1.82) is 0 Å². The molecule has 0 fully saturated rings. The van der Waals surface area contributed by atoms with Crippen molar-refractivity contribution in [1.82, 2.24) is 4.72 Å². The molecule has 0 amide bonds. The van der Waals surface area contributed by atoms with Crippen molar-refractivity contribution in [3.8, 4) is 0 Å². The van der Waals surface area contributed by atoms with Gasteiger partial charge in [-0.05, 0) is 60.7 Å². The van der Waals surface area contributed by atoms with Crippen LogP contribution in [0.15, 0.2) is 41.3 Å². The topological polar surface area (TPSA) is 72.2 Å². The van der Waals surface area contributed by atoms with E-state index in [1.165, 1.54) is 6.07 Å². The first-order valence-electron chi connectivity index (χ1n) is 7.22. The van der Waals surface area contributed by atoms with Gasteiger partial charge in [0.15, 0.2) is 0 Å². The number of anilines is 1. The maximum Gasteiger partial charge on any atom is 0.242 e. The molecule has 0 saturated heterocycles. The lowest BCUT2D eigenvalue weighted by atomic mass is 9.88. The van der Waals surface area contributed by atoms with Crippen LogP contribution in [0.25, 0.3) is 0 Å². The summed E-state index contributed by atoms with van der Waals surface area (Å²) in [5.41, 5.74) is 8.42. The lowest BCUT2D eigenvalue weighted by molar-refractivity contribution is 0.507. The van der Waals surface area contributed by atoms with E-state index < -0.39 is 15.8 Å². The molecular formula is C16H16ClFN2O2S. The smallest absolute Gasteiger partial charge is 0.242 e. The third-order valence-corrected chi connectivity index (χ3v) is 5.92. The standard InChI is InChI=1S/C16H16ClFN2O2S/c17-14-9-11(18)4-7-16(14)23(21,22)20-15-3-1-2-10-8-12(19)5-6-13(10)15/h4-9,15,20H,1-3,19H2. The van der Waals surface area contributed by atoms with Crippen molar-refractivity contribution < 1.29 is 12.8 Å². The number of nitrogens with one attached hydrogen (secondary N) is 1. The molecule has 0 radical (unpaired) electrons. The van der Waals surface area contributed by atoms with Gasteiger partial charge in [0.25, 0.3) is 0 Å².